The van der Waals surface area contributed by atoms with Crippen molar-refractivity contribution in [2.24, 2.45) is 11.7 Å². The van der Waals surface area contributed by atoms with Crippen LogP contribution in [0, 0.1) is 5.92 Å². The lowest BCUT2D eigenvalue weighted by Crippen LogP contribution is -2.45. The molecule has 0 radical (unpaired) electrons. The van der Waals surface area contributed by atoms with E-state index in [0.717, 1.165) is 25.1 Å². The number of amides is 1. The average molecular weight is 324 g/mol. The number of hydrogen-bond acceptors (Lipinski definition) is 3. The summed E-state index contributed by atoms with van der Waals surface area (Å²) in [6, 6.07) is 19.5. The number of carbonyl (C=O) groups excluding carboxylic acids is 1. The van der Waals surface area contributed by atoms with Crippen molar-refractivity contribution in [3.05, 3.63) is 71.8 Å². The van der Waals surface area contributed by atoms with E-state index in [0.29, 0.717) is 0 Å². The van der Waals surface area contributed by atoms with Gasteiger partial charge in [-0.1, -0.05) is 60.7 Å². The van der Waals surface area contributed by atoms with Gasteiger partial charge in [-0.25, -0.2) is 0 Å². The Bertz CT molecular complexity index is 660. The second-order valence-electron chi connectivity index (χ2n) is 6.46. The molecule has 1 aliphatic heterocycles. The summed E-state index contributed by atoms with van der Waals surface area (Å²) in [6.07, 6.45) is 0.0226. The van der Waals surface area contributed by atoms with Crippen LogP contribution in [-0.2, 0) is 4.79 Å². The van der Waals surface area contributed by atoms with Crippen molar-refractivity contribution < 1.29 is 9.90 Å². The molecule has 4 atom stereocenters. The van der Waals surface area contributed by atoms with Gasteiger partial charge in [-0.05, 0) is 30.0 Å². The van der Waals surface area contributed by atoms with E-state index in [1.807, 2.05) is 48.5 Å². The maximum absolute atomic E-state index is 12.1. The zero-order valence-corrected chi connectivity index (χ0v) is 13.6. The monoisotopic (exact) mass is 324 g/mol. The second kappa shape index (κ2) is 7.60. The van der Waals surface area contributed by atoms with E-state index in [9.17, 15) is 9.90 Å². The smallest absolute Gasteiger partial charge is 0.227 e. The first-order valence-corrected chi connectivity index (χ1v) is 8.46. The Hall–Kier alpha value is -2.17. The van der Waals surface area contributed by atoms with E-state index in [-0.39, 0.29) is 11.8 Å². The Morgan fingerprint density at radius 1 is 1.08 bits per heavy atom. The minimum absolute atomic E-state index is 0.00800. The number of nitrogens with two attached hydrogens (primary N) is 1. The number of nitrogens with one attached hydrogen (secondary N) is 1. The van der Waals surface area contributed by atoms with Crippen molar-refractivity contribution in [1.29, 1.82) is 0 Å². The zero-order valence-electron chi connectivity index (χ0n) is 13.6. The first kappa shape index (κ1) is 16.7. The van der Waals surface area contributed by atoms with Gasteiger partial charge < -0.3 is 16.2 Å². The van der Waals surface area contributed by atoms with E-state index in [1.54, 1.807) is 0 Å². The van der Waals surface area contributed by atoms with E-state index in [2.05, 4.69) is 17.4 Å². The third-order valence-electron chi connectivity index (χ3n) is 5.01. The zero-order chi connectivity index (χ0) is 16.9. The number of benzene rings is 2. The number of primary amides is 1. The average Bonchev–Trinajstić information content (AvgIpc) is 2.63. The van der Waals surface area contributed by atoms with Crippen LogP contribution in [-0.4, -0.2) is 30.2 Å². The van der Waals surface area contributed by atoms with Gasteiger partial charge in [0, 0.05) is 12.5 Å². The fourth-order valence-corrected chi connectivity index (χ4v) is 3.79. The molecule has 24 heavy (non-hydrogen) atoms. The van der Waals surface area contributed by atoms with Crippen LogP contribution in [0.25, 0.3) is 0 Å². The molecule has 4 heteroatoms. The van der Waals surface area contributed by atoms with Crippen LogP contribution in [0.4, 0.5) is 0 Å². The van der Waals surface area contributed by atoms with Crippen LogP contribution in [0.3, 0.4) is 0 Å². The van der Waals surface area contributed by atoms with Gasteiger partial charge in [0.15, 0.2) is 0 Å². The van der Waals surface area contributed by atoms with E-state index in [1.165, 1.54) is 5.56 Å². The van der Waals surface area contributed by atoms with Crippen LogP contribution < -0.4 is 11.1 Å². The van der Waals surface area contributed by atoms with Crippen LogP contribution in [0.5, 0.6) is 0 Å². The van der Waals surface area contributed by atoms with Gasteiger partial charge >= 0.3 is 0 Å². The lowest BCUT2D eigenvalue weighted by atomic mass is 9.73. The molecule has 0 aromatic heterocycles. The number of piperidine rings is 1. The minimum atomic E-state index is -0.794. The number of rotatable bonds is 5. The van der Waals surface area contributed by atoms with Crippen LogP contribution in [0.2, 0.25) is 0 Å². The summed E-state index contributed by atoms with van der Waals surface area (Å²) in [5.74, 6) is -0.994. The highest BCUT2D eigenvalue weighted by Gasteiger charge is 2.38. The largest absolute Gasteiger partial charge is 0.392 e. The molecular weight excluding hydrogens is 300 g/mol. The van der Waals surface area contributed by atoms with Gasteiger partial charge in [0.05, 0.1) is 12.0 Å². The molecule has 1 fully saturated rings. The van der Waals surface area contributed by atoms with Crippen molar-refractivity contribution in [1.82, 2.24) is 5.32 Å². The molecule has 1 amide bonds. The summed E-state index contributed by atoms with van der Waals surface area (Å²) in [4.78, 5) is 12.1. The molecule has 4 nitrogen and oxygen atoms in total. The molecule has 0 bridgehead atoms. The molecule has 3 rings (SSSR count). The molecular formula is C20H24N2O2. The van der Waals surface area contributed by atoms with Crippen molar-refractivity contribution in [3.8, 4) is 0 Å². The van der Waals surface area contributed by atoms with Crippen molar-refractivity contribution in [2.45, 2.75) is 24.4 Å². The fraction of sp³-hybridized carbons (Fsp3) is 0.350. The normalized spacial score (nSPS) is 23.4. The molecule has 2 aromatic rings. The summed E-state index contributed by atoms with van der Waals surface area (Å²) < 4.78 is 0. The van der Waals surface area contributed by atoms with Gasteiger partial charge in [0.1, 0.15) is 0 Å². The quantitative estimate of drug-likeness (QED) is 0.787. The molecule has 0 saturated carbocycles. The van der Waals surface area contributed by atoms with E-state index in [4.69, 9.17) is 5.73 Å². The molecule has 4 N–H and O–H groups in total. The van der Waals surface area contributed by atoms with Gasteiger partial charge in [-0.3, -0.25) is 4.79 Å². The molecule has 1 saturated heterocycles. The van der Waals surface area contributed by atoms with Crippen molar-refractivity contribution >= 4 is 5.91 Å². The third-order valence-corrected chi connectivity index (χ3v) is 5.01. The van der Waals surface area contributed by atoms with Crippen molar-refractivity contribution in [3.63, 3.8) is 0 Å². The summed E-state index contributed by atoms with van der Waals surface area (Å²) >= 11 is 0. The second-order valence-corrected chi connectivity index (χ2v) is 6.46. The lowest BCUT2D eigenvalue weighted by Gasteiger charge is -2.38. The Kier molecular flexibility index (Phi) is 5.28. The molecule has 0 aliphatic carbocycles. The maximum atomic E-state index is 12.1. The highest BCUT2D eigenvalue weighted by molar-refractivity contribution is 5.82. The van der Waals surface area contributed by atoms with Gasteiger partial charge in [0.2, 0.25) is 5.91 Å². The maximum Gasteiger partial charge on any atom is 0.227 e. The minimum Gasteiger partial charge on any atom is -0.392 e. The summed E-state index contributed by atoms with van der Waals surface area (Å²) in [5.41, 5.74) is 7.61. The van der Waals surface area contributed by atoms with Crippen LogP contribution in [0.1, 0.15) is 29.4 Å². The molecule has 2 aromatic carbocycles. The number of aliphatic hydroxyl groups is 1. The molecule has 0 spiro atoms. The summed E-state index contributed by atoms with van der Waals surface area (Å²) in [7, 11) is 0. The molecule has 1 aliphatic rings. The standard InChI is InChI=1S/C20H24N2O2/c21-20(24)18(15-9-5-2-6-10-15)19(23)16-11-12-22-13-17(16)14-7-3-1-4-8-14/h1-10,16-19,22-23H,11-13H2,(H2,21,24). The number of carbonyl (C=O) groups is 1. The van der Waals surface area contributed by atoms with Gasteiger partial charge in [0.25, 0.3) is 0 Å². The van der Waals surface area contributed by atoms with Crippen LogP contribution >= 0.6 is 0 Å². The topological polar surface area (TPSA) is 75.4 Å². The third kappa shape index (κ3) is 3.50. The molecule has 4 unspecified atom stereocenters. The molecule has 126 valence electrons. The lowest BCUT2D eigenvalue weighted by molar-refractivity contribution is -0.123. The van der Waals surface area contributed by atoms with E-state index < -0.39 is 17.9 Å². The Balaban J connectivity index is 1.90. The number of hydrogen-bond donors (Lipinski definition) is 3. The fourth-order valence-electron chi connectivity index (χ4n) is 3.79. The number of aliphatic hydroxyl groups excluding tert-OH is 1. The Morgan fingerprint density at radius 2 is 1.71 bits per heavy atom. The predicted octanol–water partition coefficient (Wildman–Crippen LogP) is 2.01. The highest BCUT2D eigenvalue weighted by atomic mass is 16.3. The molecule has 1 heterocycles. The first-order valence-electron chi connectivity index (χ1n) is 8.46. The Labute approximate surface area is 142 Å². The van der Waals surface area contributed by atoms with E-state index >= 15 is 0 Å². The van der Waals surface area contributed by atoms with Gasteiger partial charge in [-0.2, -0.15) is 0 Å². The van der Waals surface area contributed by atoms with Crippen molar-refractivity contribution in [2.75, 3.05) is 13.1 Å². The summed E-state index contributed by atoms with van der Waals surface area (Å²) in [6.45, 7) is 1.64. The Morgan fingerprint density at radius 3 is 2.33 bits per heavy atom. The predicted molar refractivity (Wildman–Crippen MR) is 94.5 cm³/mol. The highest BCUT2D eigenvalue weighted by Crippen LogP contribution is 2.37. The van der Waals surface area contributed by atoms with Crippen LogP contribution in [0.15, 0.2) is 60.7 Å². The summed E-state index contributed by atoms with van der Waals surface area (Å²) in [5, 5.41) is 14.5. The first-order chi connectivity index (χ1) is 11.7. The van der Waals surface area contributed by atoms with Gasteiger partial charge in [-0.15, -0.1) is 0 Å². The SMILES string of the molecule is NC(=O)C(c1ccccc1)C(O)C1CCNCC1c1ccccc1.